The van der Waals surface area contributed by atoms with Gasteiger partial charge in [0.25, 0.3) is 5.91 Å². The molecule has 0 saturated heterocycles. The molecule has 0 unspecified atom stereocenters. The summed E-state index contributed by atoms with van der Waals surface area (Å²) in [6, 6.07) is 7.02. The molecule has 0 heterocycles. The molecule has 0 atom stereocenters. The molecule has 1 N–H and O–H groups in total. The van der Waals surface area contributed by atoms with Crippen molar-refractivity contribution in [3.05, 3.63) is 24.3 Å². The Kier molecular flexibility index (Phi) is 7.81. The van der Waals surface area contributed by atoms with Gasteiger partial charge in [-0.25, -0.2) is 0 Å². The van der Waals surface area contributed by atoms with E-state index in [9.17, 15) is 9.59 Å². The van der Waals surface area contributed by atoms with Crippen molar-refractivity contribution in [3.63, 3.8) is 0 Å². The fraction of sp³-hybridized carbons (Fsp3) is 0.500. The SMILES string of the molecule is CCCN(CCC(=O)O)C(=O)COc1ccc(OCC)cc1. The van der Waals surface area contributed by atoms with Crippen LogP contribution in [-0.2, 0) is 9.59 Å². The number of carbonyl (C=O) groups is 2. The second kappa shape index (κ2) is 9.65. The Bertz CT molecular complexity index is 472. The minimum absolute atomic E-state index is 0.0607. The fourth-order valence-corrected chi connectivity index (χ4v) is 1.90. The maximum absolute atomic E-state index is 12.1. The molecule has 0 aliphatic carbocycles. The van der Waals surface area contributed by atoms with Gasteiger partial charge in [0, 0.05) is 13.1 Å². The summed E-state index contributed by atoms with van der Waals surface area (Å²) in [5.74, 6) is 0.194. The predicted octanol–water partition coefficient (Wildman–Crippen LogP) is 2.18. The molecule has 22 heavy (non-hydrogen) atoms. The number of nitrogens with zero attached hydrogens (tertiary/aromatic N) is 1. The lowest BCUT2D eigenvalue weighted by atomic mass is 10.3. The number of amides is 1. The molecule has 6 nitrogen and oxygen atoms in total. The van der Waals surface area contributed by atoms with Gasteiger partial charge in [0.05, 0.1) is 13.0 Å². The third-order valence-corrected chi connectivity index (χ3v) is 2.94. The number of carboxylic acid groups (broad SMARTS) is 1. The summed E-state index contributed by atoms with van der Waals surface area (Å²) in [6.07, 6.45) is 0.712. The highest BCUT2D eigenvalue weighted by molar-refractivity contribution is 5.78. The first-order valence-corrected chi connectivity index (χ1v) is 7.42. The lowest BCUT2D eigenvalue weighted by molar-refractivity contribution is -0.139. The van der Waals surface area contributed by atoms with Crippen LogP contribution in [0.25, 0.3) is 0 Å². The molecule has 1 amide bonds. The summed E-state index contributed by atoms with van der Waals surface area (Å²) in [5.41, 5.74) is 0. The number of ether oxygens (including phenoxy) is 2. The lowest BCUT2D eigenvalue weighted by Gasteiger charge is -2.21. The molecule has 0 saturated carbocycles. The van der Waals surface area contributed by atoms with Crippen molar-refractivity contribution < 1.29 is 24.2 Å². The Morgan fingerprint density at radius 3 is 2.14 bits per heavy atom. The standard InChI is InChI=1S/C16H23NO5/c1-3-10-17(11-9-16(19)20)15(18)12-22-14-7-5-13(6-8-14)21-4-2/h5-8H,3-4,9-12H2,1-2H3,(H,19,20). The average molecular weight is 309 g/mol. The van der Waals surface area contributed by atoms with Crippen LogP contribution in [0.15, 0.2) is 24.3 Å². The molecule has 1 rings (SSSR count). The Morgan fingerprint density at radius 1 is 1.05 bits per heavy atom. The van der Waals surface area contributed by atoms with Crippen LogP contribution in [0.4, 0.5) is 0 Å². The molecular formula is C16H23NO5. The third-order valence-electron chi connectivity index (χ3n) is 2.94. The Balaban J connectivity index is 2.48. The molecule has 0 aliphatic heterocycles. The number of benzene rings is 1. The van der Waals surface area contributed by atoms with Crippen molar-refractivity contribution >= 4 is 11.9 Å². The van der Waals surface area contributed by atoms with E-state index in [-0.39, 0.29) is 25.5 Å². The lowest BCUT2D eigenvalue weighted by Crippen LogP contribution is -2.37. The Labute approximate surface area is 130 Å². The summed E-state index contributed by atoms with van der Waals surface area (Å²) in [4.78, 5) is 24.2. The van der Waals surface area contributed by atoms with Gasteiger partial charge < -0.3 is 19.5 Å². The zero-order valence-corrected chi connectivity index (χ0v) is 13.1. The molecular weight excluding hydrogens is 286 g/mol. The molecule has 0 bridgehead atoms. The van der Waals surface area contributed by atoms with Gasteiger partial charge in [-0.15, -0.1) is 0 Å². The van der Waals surface area contributed by atoms with Crippen molar-refractivity contribution in [2.45, 2.75) is 26.7 Å². The minimum atomic E-state index is -0.915. The molecule has 0 aromatic heterocycles. The molecule has 0 aliphatic rings. The van der Waals surface area contributed by atoms with Gasteiger partial charge in [0.2, 0.25) is 0 Å². The first-order chi connectivity index (χ1) is 10.6. The van der Waals surface area contributed by atoms with E-state index < -0.39 is 5.97 Å². The summed E-state index contributed by atoms with van der Waals surface area (Å²) in [7, 11) is 0. The van der Waals surface area contributed by atoms with Crippen LogP contribution < -0.4 is 9.47 Å². The third kappa shape index (κ3) is 6.47. The maximum Gasteiger partial charge on any atom is 0.305 e. The molecule has 122 valence electrons. The van der Waals surface area contributed by atoms with Crippen molar-refractivity contribution in [2.24, 2.45) is 0 Å². The van der Waals surface area contributed by atoms with Crippen molar-refractivity contribution in [1.82, 2.24) is 4.90 Å². The van der Waals surface area contributed by atoms with Gasteiger partial charge in [-0.1, -0.05) is 6.92 Å². The molecule has 6 heteroatoms. The summed E-state index contributed by atoms with van der Waals surface area (Å²) >= 11 is 0. The minimum Gasteiger partial charge on any atom is -0.494 e. The van der Waals surface area contributed by atoms with Gasteiger partial charge in [0.1, 0.15) is 11.5 Å². The highest BCUT2D eigenvalue weighted by Gasteiger charge is 2.14. The van der Waals surface area contributed by atoms with Gasteiger partial charge in [0.15, 0.2) is 6.61 Å². The number of carbonyl (C=O) groups excluding carboxylic acids is 1. The van der Waals surface area contributed by atoms with Crippen LogP contribution >= 0.6 is 0 Å². The predicted molar refractivity (Wildman–Crippen MR) is 82.2 cm³/mol. The topological polar surface area (TPSA) is 76.1 Å². The molecule has 1 aromatic carbocycles. The van der Waals surface area contributed by atoms with Crippen LogP contribution in [-0.4, -0.2) is 48.2 Å². The van der Waals surface area contributed by atoms with E-state index in [4.69, 9.17) is 14.6 Å². The Morgan fingerprint density at radius 2 is 1.64 bits per heavy atom. The highest BCUT2D eigenvalue weighted by atomic mass is 16.5. The van der Waals surface area contributed by atoms with E-state index in [0.717, 1.165) is 12.2 Å². The van der Waals surface area contributed by atoms with E-state index in [1.807, 2.05) is 13.8 Å². The summed E-state index contributed by atoms with van der Waals surface area (Å²) < 4.78 is 10.8. The van der Waals surface area contributed by atoms with Crippen molar-refractivity contribution in [2.75, 3.05) is 26.3 Å². The van der Waals surface area contributed by atoms with Gasteiger partial charge in [-0.05, 0) is 37.6 Å². The quantitative estimate of drug-likeness (QED) is 0.717. The number of aliphatic carboxylic acids is 1. The van der Waals surface area contributed by atoms with E-state index in [0.29, 0.717) is 18.9 Å². The van der Waals surface area contributed by atoms with Crippen molar-refractivity contribution in [3.8, 4) is 11.5 Å². The second-order valence-corrected chi connectivity index (χ2v) is 4.72. The fourth-order valence-electron chi connectivity index (χ4n) is 1.90. The number of hydrogen-bond acceptors (Lipinski definition) is 4. The van der Waals surface area contributed by atoms with Crippen LogP contribution in [0, 0.1) is 0 Å². The van der Waals surface area contributed by atoms with Crippen molar-refractivity contribution in [1.29, 1.82) is 0 Å². The number of rotatable bonds is 10. The first-order valence-electron chi connectivity index (χ1n) is 7.42. The molecule has 0 radical (unpaired) electrons. The number of hydrogen-bond donors (Lipinski definition) is 1. The molecule has 1 aromatic rings. The van der Waals surface area contributed by atoms with Crippen LogP contribution in [0.5, 0.6) is 11.5 Å². The largest absolute Gasteiger partial charge is 0.494 e. The Hall–Kier alpha value is -2.24. The van der Waals surface area contributed by atoms with Crippen LogP contribution in [0.1, 0.15) is 26.7 Å². The van der Waals surface area contributed by atoms with Gasteiger partial charge >= 0.3 is 5.97 Å². The van der Waals surface area contributed by atoms with E-state index in [1.165, 1.54) is 4.90 Å². The zero-order chi connectivity index (χ0) is 16.4. The number of carboxylic acids is 1. The van der Waals surface area contributed by atoms with E-state index >= 15 is 0 Å². The van der Waals surface area contributed by atoms with Gasteiger partial charge in [-0.3, -0.25) is 9.59 Å². The highest BCUT2D eigenvalue weighted by Crippen LogP contribution is 2.17. The molecule has 0 fully saturated rings. The second-order valence-electron chi connectivity index (χ2n) is 4.72. The monoisotopic (exact) mass is 309 g/mol. The normalized spacial score (nSPS) is 10.1. The van der Waals surface area contributed by atoms with Gasteiger partial charge in [-0.2, -0.15) is 0 Å². The summed E-state index contributed by atoms with van der Waals surface area (Å²) in [5, 5.41) is 8.71. The van der Waals surface area contributed by atoms with E-state index in [2.05, 4.69) is 0 Å². The van der Waals surface area contributed by atoms with Crippen LogP contribution in [0.3, 0.4) is 0 Å². The van der Waals surface area contributed by atoms with Crippen LogP contribution in [0.2, 0.25) is 0 Å². The zero-order valence-electron chi connectivity index (χ0n) is 13.1. The molecule has 0 spiro atoms. The average Bonchev–Trinajstić information content (AvgIpc) is 2.50. The maximum atomic E-state index is 12.1. The van der Waals surface area contributed by atoms with E-state index in [1.54, 1.807) is 24.3 Å². The summed E-state index contributed by atoms with van der Waals surface area (Å²) in [6.45, 7) is 5.06. The smallest absolute Gasteiger partial charge is 0.305 e. The first kappa shape index (κ1) is 17.8.